The van der Waals surface area contributed by atoms with Gasteiger partial charge in [-0.25, -0.2) is 4.98 Å². The van der Waals surface area contributed by atoms with Gasteiger partial charge in [-0.2, -0.15) is 0 Å². The van der Waals surface area contributed by atoms with Gasteiger partial charge in [0, 0.05) is 43.6 Å². The lowest BCUT2D eigenvalue weighted by Crippen LogP contribution is -2.51. The molecular formula is C27H42ClN3O3Si. The number of carbonyl (C=O) groups is 1. The summed E-state index contributed by atoms with van der Waals surface area (Å²) in [6, 6.07) is 1.66. The van der Waals surface area contributed by atoms with E-state index >= 15 is 0 Å². The molecule has 194 valence electrons. The number of rotatable bonds is 7. The highest BCUT2D eigenvalue weighted by Gasteiger charge is 2.46. The number of hydrogen-bond donors (Lipinski definition) is 3. The molecule has 3 N–H and O–H groups in total. The zero-order valence-electron chi connectivity index (χ0n) is 22.3. The summed E-state index contributed by atoms with van der Waals surface area (Å²) in [5.74, 6) is 3.70. The highest BCUT2D eigenvalue weighted by molar-refractivity contribution is 6.83. The number of hydrogen-bond acceptors (Lipinski definition) is 5. The number of pyridine rings is 1. The number of ether oxygens (including phenoxy) is 1. The topological polar surface area (TPSA) is 83.5 Å². The molecule has 1 aromatic rings. The molecule has 0 unspecified atom stereocenters. The van der Waals surface area contributed by atoms with Gasteiger partial charge < -0.3 is 20.5 Å². The molecule has 1 saturated carbocycles. The van der Waals surface area contributed by atoms with Crippen LogP contribution in [0.5, 0.6) is 5.75 Å². The van der Waals surface area contributed by atoms with Gasteiger partial charge in [0.25, 0.3) is 0 Å². The monoisotopic (exact) mass is 519 g/mol. The maximum Gasteiger partial charge on any atom is 0.217 e. The van der Waals surface area contributed by atoms with Crippen LogP contribution in [0.15, 0.2) is 6.07 Å². The quantitative estimate of drug-likeness (QED) is 0.274. The predicted octanol–water partition coefficient (Wildman–Crippen LogP) is 4.80. The average Bonchev–Trinajstić information content (AvgIpc) is 2.67. The van der Waals surface area contributed by atoms with Crippen LogP contribution >= 0.6 is 11.6 Å². The first-order valence-corrected chi connectivity index (χ1v) is 16.6. The molecule has 2 aliphatic rings. The van der Waals surface area contributed by atoms with Crippen molar-refractivity contribution in [2.75, 3.05) is 6.54 Å². The molecule has 0 bridgehead atoms. The number of halogens is 1. The Morgan fingerprint density at radius 3 is 2.60 bits per heavy atom. The Morgan fingerprint density at radius 2 is 2.06 bits per heavy atom. The van der Waals surface area contributed by atoms with E-state index < -0.39 is 20.2 Å². The Bertz CT molecular complexity index is 986. The summed E-state index contributed by atoms with van der Waals surface area (Å²) in [4.78, 5) is 16.4. The summed E-state index contributed by atoms with van der Waals surface area (Å²) in [5.41, 5.74) is 5.14. The van der Waals surface area contributed by atoms with Crippen LogP contribution in [-0.4, -0.2) is 48.4 Å². The van der Waals surface area contributed by atoms with Crippen molar-refractivity contribution in [3.63, 3.8) is 0 Å². The van der Waals surface area contributed by atoms with E-state index in [1.165, 1.54) is 6.92 Å². The minimum absolute atomic E-state index is 0.0148. The van der Waals surface area contributed by atoms with Crippen molar-refractivity contribution < 1.29 is 14.6 Å². The smallest absolute Gasteiger partial charge is 0.217 e. The van der Waals surface area contributed by atoms with Crippen LogP contribution in [0.25, 0.3) is 0 Å². The highest BCUT2D eigenvalue weighted by Crippen LogP contribution is 2.50. The van der Waals surface area contributed by atoms with Crippen LogP contribution in [0.1, 0.15) is 77.1 Å². The van der Waals surface area contributed by atoms with Gasteiger partial charge in [0.15, 0.2) is 10.9 Å². The molecule has 1 amide bonds. The predicted molar refractivity (Wildman–Crippen MR) is 144 cm³/mol. The zero-order chi connectivity index (χ0) is 26.0. The number of amides is 1. The van der Waals surface area contributed by atoms with Gasteiger partial charge in [-0.05, 0) is 37.2 Å². The number of nitrogens with one attached hydrogen (secondary N) is 2. The van der Waals surface area contributed by atoms with Crippen molar-refractivity contribution in [1.29, 1.82) is 0 Å². The van der Waals surface area contributed by atoms with Crippen molar-refractivity contribution in [3.05, 3.63) is 22.5 Å². The summed E-state index contributed by atoms with van der Waals surface area (Å²) in [6.45, 7) is 14.9. The fourth-order valence-electron chi connectivity index (χ4n) is 4.74. The summed E-state index contributed by atoms with van der Waals surface area (Å²) >= 11 is 6.64. The van der Waals surface area contributed by atoms with Gasteiger partial charge in [0.05, 0.1) is 12.1 Å². The van der Waals surface area contributed by atoms with Crippen molar-refractivity contribution in [1.82, 2.24) is 15.6 Å². The lowest BCUT2D eigenvalue weighted by atomic mass is 9.73. The Kier molecular flexibility index (Phi) is 8.63. The van der Waals surface area contributed by atoms with Crippen LogP contribution in [0.2, 0.25) is 24.8 Å². The van der Waals surface area contributed by atoms with Gasteiger partial charge in [0.1, 0.15) is 13.7 Å². The maximum atomic E-state index is 11.8. The first kappa shape index (κ1) is 28.0. The first-order chi connectivity index (χ1) is 16.2. The van der Waals surface area contributed by atoms with Crippen LogP contribution in [0, 0.1) is 16.9 Å². The van der Waals surface area contributed by atoms with E-state index in [1.807, 2.05) is 0 Å². The average molecular weight is 520 g/mol. The molecule has 3 atom stereocenters. The summed E-state index contributed by atoms with van der Waals surface area (Å²) in [5, 5.41) is 17.9. The fourth-order valence-corrected chi connectivity index (χ4v) is 5.63. The number of fused-ring (bicyclic) bond motifs is 1. The Balaban J connectivity index is 1.80. The highest BCUT2D eigenvalue weighted by atomic mass is 35.5. The normalized spacial score (nSPS) is 20.5. The van der Waals surface area contributed by atoms with E-state index in [4.69, 9.17) is 16.3 Å². The molecule has 6 nitrogen and oxygen atoms in total. The summed E-state index contributed by atoms with van der Waals surface area (Å²) in [6.07, 6.45) is 4.40. The van der Waals surface area contributed by atoms with Gasteiger partial charge >= 0.3 is 0 Å². The molecule has 0 aromatic carbocycles. The lowest BCUT2D eigenvalue weighted by molar-refractivity contribution is -0.120. The Morgan fingerprint density at radius 1 is 1.37 bits per heavy atom. The molecule has 1 aromatic heterocycles. The van der Waals surface area contributed by atoms with Crippen LogP contribution in [-0.2, 0) is 11.2 Å². The number of aromatic nitrogens is 1. The van der Waals surface area contributed by atoms with Gasteiger partial charge in [-0.3, -0.25) is 4.79 Å². The molecule has 0 saturated heterocycles. The largest absolute Gasteiger partial charge is 0.484 e. The molecule has 35 heavy (non-hydrogen) atoms. The van der Waals surface area contributed by atoms with E-state index in [0.717, 1.165) is 43.4 Å². The molecular weight excluding hydrogens is 478 g/mol. The van der Waals surface area contributed by atoms with Crippen molar-refractivity contribution in [2.24, 2.45) is 5.41 Å². The maximum absolute atomic E-state index is 11.8. The SMILES string of the molecule is CC(=O)N[C@@H](CC#C[Si](C)(C)C)[C@H](O)CN[C@H]1CC2(CCC2)Oc2c1cc(CC(C)(C)C)nc2Cl. The minimum Gasteiger partial charge on any atom is -0.484 e. The van der Waals surface area contributed by atoms with E-state index in [1.54, 1.807) is 0 Å². The number of aliphatic hydroxyl groups excluding tert-OH is 1. The van der Waals surface area contributed by atoms with Crippen molar-refractivity contribution in [3.8, 4) is 17.2 Å². The van der Waals surface area contributed by atoms with Crippen LogP contribution < -0.4 is 15.4 Å². The van der Waals surface area contributed by atoms with E-state index in [2.05, 4.69) is 73.6 Å². The third kappa shape index (κ3) is 7.95. The number of aliphatic hydroxyl groups is 1. The Hall–Kier alpha value is -1.59. The minimum atomic E-state index is -1.53. The Labute approximate surface area is 217 Å². The fraction of sp³-hybridized carbons (Fsp3) is 0.704. The molecule has 1 aliphatic heterocycles. The number of nitrogens with zero attached hydrogens (tertiary/aromatic N) is 1. The molecule has 8 heteroatoms. The molecule has 0 radical (unpaired) electrons. The van der Waals surface area contributed by atoms with Gasteiger partial charge in [-0.15, -0.1) is 11.5 Å². The second kappa shape index (κ2) is 10.8. The van der Waals surface area contributed by atoms with Crippen LogP contribution in [0.3, 0.4) is 0 Å². The standard InChI is InChI=1S/C27H42ClN3O3Si/c1-18(32)30-21(10-8-13-35(5,6)7)23(33)17-29-22-16-27(11-9-12-27)34-24-20(22)14-19(31-25(24)28)15-26(2,3)4/h14,21-23,29,33H,9-12,15-17H2,1-7H3,(H,30,32)/t21-,22-,23+/m0/s1. The zero-order valence-corrected chi connectivity index (χ0v) is 24.1. The van der Waals surface area contributed by atoms with Crippen molar-refractivity contribution in [2.45, 2.75) is 110 Å². The van der Waals surface area contributed by atoms with E-state index in [9.17, 15) is 9.90 Å². The molecule has 1 aliphatic carbocycles. The van der Waals surface area contributed by atoms with Crippen LogP contribution in [0.4, 0.5) is 0 Å². The van der Waals surface area contributed by atoms with Gasteiger partial charge in [-0.1, -0.05) is 52.0 Å². The number of carbonyl (C=O) groups excluding carboxylic acids is 1. The lowest BCUT2D eigenvalue weighted by Gasteiger charge is -2.48. The summed E-state index contributed by atoms with van der Waals surface area (Å²) < 4.78 is 6.43. The second-order valence-corrected chi connectivity index (χ2v) is 17.6. The van der Waals surface area contributed by atoms with E-state index in [-0.39, 0.29) is 23.0 Å². The molecule has 1 fully saturated rings. The summed E-state index contributed by atoms with van der Waals surface area (Å²) in [7, 11) is -1.53. The van der Waals surface area contributed by atoms with Crippen molar-refractivity contribution >= 4 is 25.6 Å². The van der Waals surface area contributed by atoms with E-state index in [0.29, 0.717) is 23.9 Å². The molecule has 3 rings (SSSR count). The first-order valence-electron chi connectivity index (χ1n) is 12.7. The molecule has 2 heterocycles. The third-order valence-corrected chi connectivity index (χ3v) is 7.65. The second-order valence-electron chi connectivity index (χ2n) is 12.5. The molecule has 1 spiro atoms. The van der Waals surface area contributed by atoms with Gasteiger partial charge in [0.2, 0.25) is 5.91 Å². The third-order valence-electron chi connectivity index (χ3n) is 6.47.